The molecule has 0 saturated heterocycles. The Bertz CT molecular complexity index is 3380. The van der Waals surface area contributed by atoms with Gasteiger partial charge >= 0.3 is 0 Å². The minimum Gasteiger partial charge on any atom is -0.264 e. The molecular weight excluding hydrogens is 783 g/mol. The third-order valence-electron chi connectivity index (χ3n) is 11.3. The summed E-state index contributed by atoms with van der Waals surface area (Å²) in [5.41, 5.74) is 11.5. The van der Waals surface area contributed by atoms with Crippen molar-refractivity contribution in [2.24, 2.45) is 0 Å². The fraction of sp³-hybridized carbons (Fsp3) is 0. The molecule has 0 aliphatic rings. The first-order chi connectivity index (χ1) is 31.7. The molecule has 64 heavy (non-hydrogen) atoms. The Morgan fingerprint density at radius 1 is 0.219 bits per heavy atom. The SMILES string of the molecule is c1ccc(-c2nc(-c3cccc(-c4cc(-c5cccnc5)ccc4-c4ccccc4-c4nc(-c5ccccc5)nc(-c5ccccc5)n4)c3)nc(-c3ccc4ccccc4c3)n2)cc1. The number of hydrogen-bond donors (Lipinski definition) is 0. The number of nitrogens with zero attached hydrogens (tertiary/aromatic N) is 7. The van der Waals surface area contributed by atoms with Crippen molar-refractivity contribution in [3.05, 3.63) is 225 Å². The van der Waals surface area contributed by atoms with Gasteiger partial charge in [-0.15, -0.1) is 0 Å². The van der Waals surface area contributed by atoms with E-state index < -0.39 is 0 Å². The Hall–Kier alpha value is -8.81. The van der Waals surface area contributed by atoms with Crippen LogP contribution in [0.3, 0.4) is 0 Å². The highest BCUT2D eigenvalue weighted by Crippen LogP contribution is 2.41. The second-order valence-corrected chi connectivity index (χ2v) is 15.4. The van der Waals surface area contributed by atoms with Gasteiger partial charge in [-0.25, -0.2) is 29.9 Å². The van der Waals surface area contributed by atoms with Crippen LogP contribution < -0.4 is 0 Å². The van der Waals surface area contributed by atoms with E-state index in [4.69, 9.17) is 29.9 Å². The zero-order valence-corrected chi connectivity index (χ0v) is 34.5. The minimum absolute atomic E-state index is 0.580. The summed E-state index contributed by atoms with van der Waals surface area (Å²) >= 11 is 0. The van der Waals surface area contributed by atoms with Gasteiger partial charge in [0.2, 0.25) is 0 Å². The van der Waals surface area contributed by atoms with E-state index in [-0.39, 0.29) is 0 Å². The largest absolute Gasteiger partial charge is 0.264 e. The van der Waals surface area contributed by atoms with E-state index in [2.05, 4.69) is 114 Å². The number of benzene rings is 8. The van der Waals surface area contributed by atoms with Gasteiger partial charge < -0.3 is 0 Å². The van der Waals surface area contributed by atoms with Crippen LogP contribution in [0, 0.1) is 0 Å². The van der Waals surface area contributed by atoms with Crippen molar-refractivity contribution < 1.29 is 0 Å². The van der Waals surface area contributed by atoms with Gasteiger partial charge in [-0.2, -0.15) is 0 Å². The van der Waals surface area contributed by atoms with E-state index in [1.807, 2.05) is 109 Å². The van der Waals surface area contributed by atoms with Crippen LogP contribution in [-0.2, 0) is 0 Å². The Morgan fingerprint density at radius 2 is 0.672 bits per heavy atom. The van der Waals surface area contributed by atoms with E-state index in [9.17, 15) is 0 Å². The standard InChI is InChI=1S/C57H37N7/c1-4-17-39(18-5-1)52-60-55(62-56(61-52)46-30-29-38-16-10-11-23-42(38)34-46)45-25-14-24-44(35-45)51-36-43(47-26-15-33-58-37-47)31-32-49(51)48-27-12-13-28-50(48)57-63-53(40-19-6-2-7-20-40)59-54(64-57)41-21-8-3-9-22-41/h1-37H. The fourth-order valence-electron chi connectivity index (χ4n) is 8.08. The molecule has 0 saturated carbocycles. The summed E-state index contributed by atoms with van der Waals surface area (Å²) in [4.78, 5) is 35.0. The molecule has 0 bridgehead atoms. The third kappa shape index (κ3) is 7.70. The van der Waals surface area contributed by atoms with E-state index >= 15 is 0 Å². The molecule has 0 N–H and O–H groups in total. The van der Waals surface area contributed by atoms with Crippen molar-refractivity contribution in [1.82, 2.24) is 34.9 Å². The Labute approximate surface area is 370 Å². The summed E-state index contributed by atoms with van der Waals surface area (Å²) in [6.07, 6.45) is 3.69. The smallest absolute Gasteiger partial charge is 0.164 e. The molecule has 0 radical (unpaired) electrons. The molecule has 300 valence electrons. The summed E-state index contributed by atoms with van der Waals surface area (Å²) in [6.45, 7) is 0. The molecule has 3 aromatic heterocycles. The van der Waals surface area contributed by atoms with Crippen LogP contribution in [0.15, 0.2) is 225 Å². The lowest BCUT2D eigenvalue weighted by atomic mass is 9.88. The molecule has 0 atom stereocenters. The molecule has 8 aromatic carbocycles. The van der Waals surface area contributed by atoms with Crippen LogP contribution >= 0.6 is 0 Å². The van der Waals surface area contributed by atoms with Gasteiger partial charge in [0, 0.05) is 51.3 Å². The van der Waals surface area contributed by atoms with Gasteiger partial charge in [-0.05, 0) is 62.9 Å². The van der Waals surface area contributed by atoms with Crippen molar-refractivity contribution in [1.29, 1.82) is 0 Å². The van der Waals surface area contributed by atoms with Gasteiger partial charge in [-0.1, -0.05) is 188 Å². The molecule has 0 amide bonds. The molecule has 0 aliphatic carbocycles. The predicted molar refractivity (Wildman–Crippen MR) is 257 cm³/mol. The van der Waals surface area contributed by atoms with E-state index in [0.717, 1.165) is 77.5 Å². The maximum atomic E-state index is 5.15. The first kappa shape index (κ1) is 38.1. The van der Waals surface area contributed by atoms with Gasteiger partial charge in [0.05, 0.1) is 0 Å². The molecule has 11 rings (SSSR count). The highest BCUT2D eigenvalue weighted by atomic mass is 15.0. The fourth-order valence-corrected chi connectivity index (χ4v) is 8.08. The number of rotatable bonds is 9. The van der Waals surface area contributed by atoms with Crippen LogP contribution in [0.2, 0.25) is 0 Å². The van der Waals surface area contributed by atoms with Crippen LogP contribution in [0.4, 0.5) is 0 Å². The zero-order chi connectivity index (χ0) is 42.7. The summed E-state index contributed by atoms with van der Waals surface area (Å²) in [7, 11) is 0. The second kappa shape index (κ2) is 16.9. The highest BCUT2D eigenvalue weighted by molar-refractivity contribution is 5.93. The monoisotopic (exact) mass is 819 g/mol. The summed E-state index contributed by atoms with van der Waals surface area (Å²) in [5.74, 6) is 3.59. The average Bonchev–Trinajstić information content (AvgIpc) is 3.39. The highest BCUT2D eigenvalue weighted by Gasteiger charge is 2.20. The zero-order valence-electron chi connectivity index (χ0n) is 34.5. The maximum Gasteiger partial charge on any atom is 0.164 e. The quantitative estimate of drug-likeness (QED) is 0.143. The molecule has 0 spiro atoms. The molecule has 0 aliphatic heterocycles. The third-order valence-corrected chi connectivity index (χ3v) is 11.3. The Kier molecular flexibility index (Phi) is 10.1. The van der Waals surface area contributed by atoms with Gasteiger partial charge in [0.15, 0.2) is 34.9 Å². The molecule has 3 heterocycles. The second-order valence-electron chi connectivity index (χ2n) is 15.4. The molecule has 7 nitrogen and oxygen atoms in total. The van der Waals surface area contributed by atoms with Crippen LogP contribution in [0.25, 0.3) is 112 Å². The maximum absolute atomic E-state index is 5.15. The molecule has 11 aromatic rings. The molecular formula is C57H37N7. The van der Waals surface area contributed by atoms with Crippen molar-refractivity contribution >= 4 is 10.8 Å². The topological polar surface area (TPSA) is 90.2 Å². The normalized spacial score (nSPS) is 11.1. The minimum atomic E-state index is 0.580. The summed E-state index contributed by atoms with van der Waals surface area (Å²) in [5, 5.41) is 2.28. The molecule has 0 fully saturated rings. The van der Waals surface area contributed by atoms with Gasteiger partial charge in [0.25, 0.3) is 0 Å². The van der Waals surface area contributed by atoms with Crippen LogP contribution in [0.5, 0.6) is 0 Å². The molecule has 7 heteroatoms. The Morgan fingerprint density at radius 3 is 1.28 bits per heavy atom. The van der Waals surface area contributed by atoms with Gasteiger partial charge in [-0.3, -0.25) is 4.98 Å². The molecule has 0 unspecified atom stereocenters. The number of fused-ring (bicyclic) bond motifs is 1. The lowest BCUT2D eigenvalue weighted by Gasteiger charge is -2.17. The number of hydrogen-bond acceptors (Lipinski definition) is 7. The first-order valence-electron chi connectivity index (χ1n) is 21.1. The van der Waals surface area contributed by atoms with Crippen molar-refractivity contribution in [2.45, 2.75) is 0 Å². The van der Waals surface area contributed by atoms with E-state index in [1.165, 1.54) is 0 Å². The van der Waals surface area contributed by atoms with E-state index in [1.54, 1.807) is 6.20 Å². The average molecular weight is 820 g/mol. The van der Waals surface area contributed by atoms with Gasteiger partial charge in [0.1, 0.15) is 0 Å². The first-order valence-corrected chi connectivity index (χ1v) is 21.1. The predicted octanol–water partition coefficient (Wildman–Crippen LogP) is 13.6. The number of aromatic nitrogens is 7. The van der Waals surface area contributed by atoms with Crippen molar-refractivity contribution in [2.75, 3.05) is 0 Å². The van der Waals surface area contributed by atoms with Crippen LogP contribution in [-0.4, -0.2) is 34.9 Å². The summed E-state index contributed by atoms with van der Waals surface area (Å²) in [6, 6.07) is 72.3. The van der Waals surface area contributed by atoms with E-state index in [0.29, 0.717) is 34.9 Å². The Balaban J connectivity index is 1.09. The lowest BCUT2D eigenvalue weighted by molar-refractivity contribution is 1.07. The summed E-state index contributed by atoms with van der Waals surface area (Å²) < 4.78 is 0. The van der Waals surface area contributed by atoms with Crippen LogP contribution in [0.1, 0.15) is 0 Å². The number of pyridine rings is 1. The lowest BCUT2D eigenvalue weighted by Crippen LogP contribution is -2.01. The van der Waals surface area contributed by atoms with Crippen molar-refractivity contribution in [3.8, 4) is 102 Å². The van der Waals surface area contributed by atoms with Crippen molar-refractivity contribution in [3.63, 3.8) is 0 Å².